The maximum atomic E-state index is 12.3. The van der Waals surface area contributed by atoms with Crippen LogP contribution in [0.3, 0.4) is 0 Å². The largest absolute Gasteiger partial charge is 0.493 e. The molecule has 0 radical (unpaired) electrons. The molecule has 2 aromatic rings. The predicted octanol–water partition coefficient (Wildman–Crippen LogP) is 1.97. The van der Waals surface area contributed by atoms with Crippen LogP contribution in [0.2, 0.25) is 0 Å². The molecule has 0 spiro atoms. The highest BCUT2D eigenvalue weighted by molar-refractivity contribution is 5.93. The number of ether oxygens (including phenoxy) is 2. The van der Waals surface area contributed by atoms with Crippen LogP contribution in [-0.4, -0.2) is 30.7 Å². The number of rotatable bonds is 7. The molecule has 25 heavy (non-hydrogen) atoms. The summed E-state index contributed by atoms with van der Waals surface area (Å²) < 4.78 is 35.3. The van der Waals surface area contributed by atoms with Gasteiger partial charge >= 0.3 is 6.61 Å². The van der Waals surface area contributed by atoms with Crippen LogP contribution in [0, 0.1) is 0 Å². The Balaban J connectivity index is 1.95. The number of halogens is 2. The van der Waals surface area contributed by atoms with Crippen molar-refractivity contribution in [3.05, 3.63) is 58.0 Å². The van der Waals surface area contributed by atoms with Crippen molar-refractivity contribution >= 4 is 5.91 Å². The van der Waals surface area contributed by atoms with Crippen LogP contribution in [-0.2, 0) is 13.5 Å². The van der Waals surface area contributed by atoms with Crippen molar-refractivity contribution in [2.24, 2.45) is 7.05 Å². The first kappa shape index (κ1) is 18.4. The molecule has 8 heteroatoms. The maximum Gasteiger partial charge on any atom is 0.387 e. The number of nitrogens with one attached hydrogen (secondary N) is 1. The SMILES string of the molecule is COc1cc(CCNC(=O)c2ccn(C)c(=O)c2)ccc1OC(F)F. The zero-order chi connectivity index (χ0) is 18.4. The van der Waals surface area contributed by atoms with E-state index in [4.69, 9.17) is 4.74 Å². The Morgan fingerprint density at radius 1 is 1.24 bits per heavy atom. The quantitative estimate of drug-likeness (QED) is 0.827. The molecule has 1 aromatic heterocycles. The van der Waals surface area contributed by atoms with Gasteiger partial charge in [0.2, 0.25) is 0 Å². The number of alkyl halides is 2. The Labute approximate surface area is 143 Å². The third-order valence-corrected chi connectivity index (χ3v) is 3.51. The number of aromatic nitrogens is 1. The van der Waals surface area contributed by atoms with Gasteiger partial charge in [-0.2, -0.15) is 8.78 Å². The highest BCUT2D eigenvalue weighted by atomic mass is 19.3. The van der Waals surface area contributed by atoms with E-state index < -0.39 is 6.61 Å². The van der Waals surface area contributed by atoms with Crippen molar-refractivity contribution < 1.29 is 23.0 Å². The number of aryl methyl sites for hydroxylation is 1. The summed E-state index contributed by atoms with van der Waals surface area (Å²) in [6.45, 7) is -2.62. The Hall–Kier alpha value is -2.90. The second-order valence-electron chi connectivity index (χ2n) is 5.23. The molecular weight excluding hydrogens is 334 g/mol. The first-order valence-corrected chi connectivity index (χ1v) is 7.47. The number of carbonyl (C=O) groups excluding carboxylic acids is 1. The topological polar surface area (TPSA) is 69.6 Å². The fourth-order valence-electron chi connectivity index (χ4n) is 2.17. The molecule has 0 unspecified atom stereocenters. The summed E-state index contributed by atoms with van der Waals surface area (Å²) in [6.07, 6.45) is 1.98. The molecule has 2 rings (SSSR count). The van der Waals surface area contributed by atoms with Gasteiger partial charge in [0.25, 0.3) is 11.5 Å². The molecule has 0 fully saturated rings. The molecule has 0 aliphatic rings. The first-order chi connectivity index (χ1) is 11.9. The summed E-state index contributed by atoms with van der Waals surface area (Å²) in [5, 5.41) is 2.70. The van der Waals surface area contributed by atoms with E-state index in [-0.39, 0.29) is 28.5 Å². The molecule has 6 nitrogen and oxygen atoms in total. The number of hydrogen-bond acceptors (Lipinski definition) is 4. The summed E-state index contributed by atoms with van der Waals surface area (Å²) in [7, 11) is 2.95. The number of hydrogen-bond donors (Lipinski definition) is 1. The van der Waals surface area contributed by atoms with Crippen LogP contribution < -0.4 is 20.3 Å². The van der Waals surface area contributed by atoms with Crippen molar-refractivity contribution in [2.75, 3.05) is 13.7 Å². The molecule has 0 atom stereocenters. The maximum absolute atomic E-state index is 12.3. The highest BCUT2D eigenvalue weighted by Crippen LogP contribution is 2.29. The van der Waals surface area contributed by atoms with Crippen molar-refractivity contribution in [3.63, 3.8) is 0 Å². The average Bonchev–Trinajstić information content (AvgIpc) is 2.57. The molecule has 0 bridgehead atoms. The Kier molecular flexibility index (Phi) is 6.10. The summed E-state index contributed by atoms with van der Waals surface area (Å²) in [6, 6.07) is 7.39. The molecule has 0 aliphatic carbocycles. The summed E-state index contributed by atoms with van der Waals surface area (Å²) in [5.74, 6) is -0.219. The fraction of sp³-hybridized carbons (Fsp3) is 0.294. The Bertz CT molecular complexity index is 805. The van der Waals surface area contributed by atoms with Gasteiger partial charge in [-0.15, -0.1) is 0 Å². The van der Waals surface area contributed by atoms with Gasteiger partial charge in [-0.3, -0.25) is 9.59 Å². The molecular formula is C17H18F2N2O4. The number of benzene rings is 1. The lowest BCUT2D eigenvalue weighted by Crippen LogP contribution is -2.27. The van der Waals surface area contributed by atoms with E-state index in [2.05, 4.69) is 10.1 Å². The number of amides is 1. The zero-order valence-corrected chi connectivity index (χ0v) is 13.8. The van der Waals surface area contributed by atoms with Crippen LogP contribution in [0.1, 0.15) is 15.9 Å². The molecule has 0 saturated carbocycles. The lowest BCUT2D eigenvalue weighted by Gasteiger charge is -2.11. The highest BCUT2D eigenvalue weighted by Gasteiger charge is 2.11. The van der Waals surface area contributed by atoms with E-state index in [1.165, 1.54) is 30.0 Å². The van der Waals surface area contributed by atoms with Gasteiger partial charge in [0.05, 0.1) is 7.11 Å². The monoisotopic (exact) mass is 352 g/mol. The minimum Gasteiger partial charge on any atom is -0.493 e. The molecule has 1 heterocycles. The van der Waals surface area contributed by atoms with Gasteiger partial charge in [-0.1, -0.05) is 6.07 Å². The lowest BCUT2D eigenvalue weighted by atomic mass is 10.1. The third kappa shape index (κ3) is 5.03. The van der Waals surface area contributed by atoms with Crippen LogP contribution in [0.5, 0.6) is 11.5 Å². The van der Waals surface area contributed by atoms with Crippen LogP contribution in [0.25, 0.3) is 0 Å². The summed E-state index contributed by atoms with van der Waals surface area (Å²) in [4.78, 5) is 23.5. The van der Waals surface area contributed by atoms with E-state index in [1.54, 1.807) is 25.2 Å². The van der Waals surface area contributed by atoms with Gasteiger partial charge < -0.3 is 19.4 Å². The molecule has 1 aromatic carbocycles. The number of nitrogens with zero attached hydrogens (tertiary/aromatic N) is 1. The number of carbonyl (C=O) groups is 1. The van der Waals surface area contributed by atoms with E-state index in [1.807, 2.05) is 0 Å². The molecule has 1 N–H and O–H groups in total. The van der Waals surface area contributed by atoms with E-state index in [0.29, 0.717) is 13.0 Å². The van der Waals surface area contributed by atoms with E-state index >= 15 is 0 Å². The van der Waals surface area contributed by atoms with E-state index in [0.717, 1.165) is 5.56 Å². The van der Waals surface area contributed by atoms with Crippen LogP contribution in [0.15, 0.2) is 41.3 Å². The molecule has 0 aliphatic heterocycles. The minimum absolute atomic E-state index is 0.0505. The summed E-state index contributed by atoms with van der Waals surface area (Å²) >= 11 is 0. The fourth-order valence-corrected chi connectivity index (χ4v) is 2.17. The van der Waals surface area contributed by atoms with Crippen molar-refractivity contribution in [1.29, 1.82) is 0 Å². The molecule has 0 saturated heterocycles. The number of pyridine rings is 1. The van der Waals surface area contributed by atoms with Gasteiger partial charge in [-0.05, 0) is 30.2 Å². The first-order valence-electron chi connectivity index (χ1n) is 7.47. The van der Waals surface area contributed by atoms with Gasteiger partial charge in [0.1, 0.15) is 0 Å². The normalized spacial score (nSPS) is 10.6. The van der Waals surface area contributed by atoms with Gasteiger partial charge in [0.15, 0.2) is 11.5 Å². The second-order valence-corrected chi connectivity index (χ2v) is 5.23. The summed E-state index contributed by atoms with van der Waals surface area (Å²) in [5.41, 5.74) is 0.788. The zero-order valence-electron chi connectivity index (χ0n) is 13.8. The number of methoxy groups -OCH3 is 1. The third-order valence-electron chi connectivity index (χ3n) is 3.51. The van der Waals surface area contributed by atoms with Crippen molar-refractivity contribution in [3.8, 4) is 11.5 Å². The standard InChI is InChI=1S/C17H18F2N2O4/c1-21-8-6-12(10-15(21)22)16(23)20-7-5-11-3-4-13(25-17(18)19)14(9-11)24-2/h3-4,6,8-10,17H,5,7H2,1-2H3,(H,20,23). The molecule has 134 valence electrons. The Morgan fingerprint density at radius 2 is 2.00 bits per heavy atom. The smallest absolute Gasteiger partial charge is 0.387 e. The predicted molar refractivity (Wildman–Crippen MR) is 87.3 cm³/mol. The molecule has 1 amide bonds. The average molecular weight is 352 g/mol. The van der Waals surface area contributed by atoms with Gasteiger partial charge in [-0.25, -0.2) is 0 Å². The lowest BCUT2D eigenvalue weighted by molar-refractivity contribution is -0.0512. The van der Waals surface area contributed by atoms with E-state index in [9.17, 15) is 18.4 Å². The van der Waals surface area contributed by atoms with Crippen LogP contribution >= 0.6 is 0 Å². The second kappa shape index (κ2) is 8.27. The van der Waals surface area contributed by atoms with Crippen LogP contribution in [0.4, 0.5) is 8.78 Å². The van der Waals surface area contributed by atoms with Crippen molar-refractivity contribution in [1.82, 2.24) is 9.88 Å². The van der Waals surface area contributed by atoms with Crippen molar-refractivity contribution in [2.45, 2.75) is 13.0 Å². The van der Waals surface area contributed by atoms with Gasteiger partial charge in [0, 0.05) is 31.4 Å². The minimum atomic E-state index is -2.93. The Morgan fingerprint density at radius 3 is 2.64 bits per heavy atom.